The highest BCUT2D eigenvalue weighted by Gasteiger charge is 2.04. The molecule has 0 saturated heterocycles. The molecule has 0 saturated carbocycles. The summed E-state index contributed by atoms with van der Waals surface area (Å²) in [5, 5.41) is 3.12. The minimum absolute atomic E-state index is 0.0966. The maximum Gasteiger partial charge on any atom is 0.145 e. The summed E-state index contributed by atoms with van der Waals surface area (Å²) >= 11 is 7.18. The van der Waals surface area contributed by atoms with E-state index in [2.05, 4.69) is 11.9 Å². The van der Waals surface area contributed by atoms with Crippen molar-refractivity contribution in [1.29, 1.82) is 0 Å². The van der Waals surface area contributed by atoms with Gasteiger partial charge in [0.15, 0.2) is 0 Å². The average Bonchev–Trinajstić information content (AvgIpc) is 2.79. The van der Waals surface area contributed by atoms with E-state index in [0.29, 0.717) is 12.4 Å². The van der Waals surface area contributed by atoms with Crippen molar-refractivity contribution < 1.29 is 9.13 Å². The van der Waals surface area contributed by atoms with Crippen molar-refractivity contribution in [3.8, 4) is 5.75 Å². The highest BCUT2D eigenvalue weighted by atomic mass is 35.5. The van der Waals surface area contributed by atoms with Crippen LogP contribution in [0.25, 0.3) is 0 Å². The fourth-order valence-corrected chi connectivity index (χ4v) is 2.15. The number of hydrogen-bond donors (Lipinski definition) is 0. The molecule has 0 radical (unpaired) electrons. The highest BCUT2D eigenvalue weighted by Crippen LogP contribution is 2.21. The minimum Gasteiger partial charge on any atom is -0.487 e. The predicted molar refractivity (Wildman–Crippen MR) is 67.2 cm³/mol. The zero-order valence-electron chi connectivity index (χ0n) is 9.24. The molecule has 0 fully saturated rings. The molecule has 1 aromatic carbocycles. The van der Waals surface area contributed by atoms with Crippen LogP contribution in [0.3, 0.4) is 0 Å². The molecule has 2 nitrogen and oxygen atoms in total. The maximum atomic E-state index is 13.1. The van der Waals surface area contributed by atoms with Gasteiger partial charge >= 0.3 is 0 Å². The van der Waals surface area contributed by atoms with Crippen LogP contribution in [0.2, 0.25) is 5.02 Å². The number of aromatic nitrogens is 1. The molecule has 0 unspecified atom stereocenters. The third-order valence-electron chi connectivity index (χ3n) is 2.18. The second-order valence-electron chi connectivity index (χ2n) is 3.45. The number of benzene rings is 1. The molecule has 2 aromatic rings. The Balaban J connectivity index is 1.99. The Hall–Kier alpha value is -1.13. The van der Waals surface area contributed by atoms with Gasteiger partial charge in [0.25, 0.3) is 0 Å². The van der Waals surface area contributed by atoms with Crippen LogP contribution in [0, 0.1) is 5.82 Å². The van der Waals surface area contributed by atoms with Crippen molar-refractivity contribution in [1.82, 2.24) is 4.98 Å². The van der Waals surface area contributed by atoms with Gasteiger partial charge in [-0.05, 0) is 18.6 Å². The molecular weight excluding hydrogens is 261 g/mol. The Morgan fingerprint density at radius 3 is 2.94 bits per heavy atom. The Morgan fingerprint density at radius 2 is 2.29 bits per heavy atom. The molecule has 0 amide bonds. The van der Waals surface area contributed by atoms with Crippen molar-refractivity contribution >= 4 is 22.9 Å². The summed E-state index contributed by atoms with van der Waals surface area (Å²) in [6.45, 7) is 2.40. The Morgan fingerprint density at radius 1 is 1.47 bits per heavy atom. The van der Waals surface area contributed by atoms with Gasteiger partial charge in [-0.3, -0.25) is 0 Å². The van der Waals surface area contributed by atoms with Crippen LogP contribution in [0.15, 0.2) is 23.6 Å². The Bertz CT molecular complexity index is 515. The van der Waals surface area contributed by atoms with Crippen LogP contribution in [0.1, 0.15) is 17.6 Å². The zero-order valence-corrected chi connectivity index (χ0v) is 10.8. The lowest BCUT2D eigenvalue weighted by molar-refractivity contribution is 0.300. The zero-order chi connectivity index (χ0) is 12.3. The van der Waals surface area contributed by atoms with E-state index in [-0.39, 0.29) is 5.02 Å². The van der Waals surface area contributed by atoms with Gasteiger partial charge < -0.3 is 4.74 Å². The molecule has 1 heterocycles. The first-order valence-electron chi connectivity index (χ1n) is 5.20. The number of halogens is 2. The molecule has 0 N–H and O–H groups in total. The summed E-state index contributed by atoms with van der Waals surface area (Å²) in [4.78, 5) is 4.36. The minimum atomic E-state index is -0.475. The van der Waals surface area contributed by atoms with E-state index in [0.717, 1.165) is 17.1 Å². The number of ether oxygens (including phenoxy) is 1. The number of rotatable bonds is 4. The highest BCUT2D eigenvalue weighted by molar-refractivity contribution is 7.09. The third kappa shape index (κ3) is 3.17. The fraction of sp³-hybridized carbons (Fsp3) is 0.250. The molecule has 5 heteroatoms. The number of thiazole rings is 1. The van der Waals surface area contributed by atoms with Gasteiger partial charge in [0.1, 0.15) is 18.2 Å². The van der Waals surface area contributed by atoms with Crippen LogP contribution >= 0.6 is 22.9 Å². The van der Waals surface area contributed by atoms with Gasteiger partial charge in [0.05, 0.1) is 15.7 Å². The van der Waals surface area contributed by atoms with E-state index in [1.54, 1.807) is 17.4 Å². The first kappa shape index (κ1) is 12.3. The molecule has 0 aliphatic carbocycles. The van der Waals surface area contributed by atoms with Gasteiger partial charge in [-0.2, -0.15) is 0 Å². The molecule has 0 spiro atoms. The molecular formula is C12H11ClFNOS. The number of aryl methyl sites for hydroxylation is 1. The lowest BCUT2D eigenvalue weighted by Gasteiger charge is -2.04. The smallest absolute Gasteiger partial charge is 0.145 e. The summed E-state index contributed by atoms with van der Waals surface area (Å²) in [7, 11) is 0. The summed E-state index contributed by atoms with van der Waals surface area (Å²) in [5.74, 6) is -0.0189. The SMILES string of the molecule is CCc1nc(COc2ccc(Cl)c(F)c2)cs1. The first-order chi connectivity index (χ1) is 8.19. The molecule has 0 bridgehead atoms. The Labute approximate surface area is 108 Å². The van der Waals surface area contributed by atoms with Gasteiger partial charge in [-0.25, -0.2) is 9.37 Å². The summed E-state index contributed by atoms with van der Waals surface area (Å²) < 4.78 is 18.6. The van der Waals surface area contributed by atoms with Crippen LogP contribution in [0.4, 0.5) is 4.39 Å². The van der Waals surface area contributed by atoms with Crippen molar-refractivity contribution in [2.75, 3.05) is 0 Å². The number of nitrogens with zero attached hydrogens (tertiary/aromatic N) is 1. The van der Waals surface area contributed by atoms with Crippen LogP contribution < -0.4 is 4.74 Å². The van der Waals surface area contributed by atoms with E-state index in [9.17, 15) is 4.39 Å². The van der Waals surface area contributed by atoms with Crippen LogP contribution in [0.5, 0.6) is 5.75 Å². The van der Waals surface area contributed by atoms with Crippen molar-refractivity contribution in [2.24, 2.45) is 0 Å². The van der Waals surface area contributed by atoms with Gasteiger partial charge in [-0.1, -0.05) is 18.5 Å². The van der Waals surface area contributed by atoms with Crippen molar-refractivity contribution in [3.05, 3.63) is 45.1 Å². The lowest BCUT2D eigenvalue weighted by atomic mass is 10.3. The largest absolute Gasteiger partial charge is 0.487 e. The second kappa shape index (κ2) is 5.47. The van der Waals surface area contributed by atoms with E-state index in [1.165, 1.54) is 12.1 Å². The van der Waals surface area contributed by atoms with Crippen LogP contribution in [-0.2, 0) is 13.0 Å². The van der Waals surface area contributed by atoms with Gasteiger partial charge in [0.2, 0.25) is 0 Å². The number of hydrogen-bond acceptors (Lipinski definition) is 3. The summed E-state index contributed by atoms with van der Waals surface area (Å²) in [6.07, 6.45) is 0.917. The monoisotopic (exact) mass is 271 g/mol. The Kier molecular flexibility index (Phi) is 3.97. The van der Waals surface area contributed by atoms with Crippen molar-refractivity contribution in [3.63, 3.8) is 0 Å². The molecule has 17 heavy (non-hydrogen) atoms. The molecule has 90 valence electrons. The standard InChI is InChI=1S/C12H11ClFNOS/c1-2-12-15-8(7-17-12)6-16-9-3-4-10(13)11(14)5-9/h3-5,7H,2,6H2,1H3. The van der Waals surface area contributed by atoms with E-state index >= 15 is 0 Å². The van der Waals surface area contributed by atoms with Gasteiger partial charge in [0, 0.05) is 11.4 Å². The molecule has 0 atom stereocenters. The summed E-state index contributed by atoms with van der Waals surface area (Å²) in [5.41, 5.74) is 0.863. The van der Waals surface area contributed by atoms with Gasteiger partial charge in [-0.15, -0.1) is 11.3 Å². The quantitative estimate of drug-likeness (QED) is 0.836. The predicted octanol–water partition coefficient (Wildman–Crippen LogP) is 4.08. The molecule has 2 rings (SSSR count). The van der Waals surface area contributed by atoms with Crippen molar-refractivity contribution in [2.45, 2.75) is 20.0 Å². The van der Waals surface area contributed by atoms with E-state index < -0.39 is 5.82 Å². The topological polar surface area (TPSA) is 22.1 Å². The second-order valence-corrected chi connectivity index (χ2v) is 4.80. The third-order valence-corrected chi connectivity index (χ3v) is 3.53. The average molecular weight is 272 g/mol. The lowest BCUT2D eigenvalue weighted by Crippen LogP contribution is -1.96. The molecule has 1 aromatic heterocycles. The van der Waals surface area contributed by atoms with E-state index in [1.807, 2.05) is 5.38 Å². The van der Waals surface area contributed by atoms with Crippen LogP contribution in [-0.4, -0.2) is 4.98 Å². The first-order valence-corrected chi connectivity index (χ1v) is 6.46. The normalized spacial score (nSPS) is 10.5. The van der Waals surface area contributed by atoms with E-state index in [4.69, 9.17) is 16.3 Å². The summed E-state index contributed by atoms with van der Waals surface area (Å²) in [6, 6.07) is 4.39. The maximum absolute atomic E-state index is 13.1. The fourth-order valence-electron chi connectivity index (χ4n) is 1.30. The molecule has 0 aliphatic heterocycles. The molecule has 0 aliphatic rings.